The van der Waals surface area contributed by atoms with Gasteiger partial charge in [0.05, 0.1) is 32.1 Å². The fourth-order valence-corrected chi connectivity index (χ4v) is 5.50. The quantitative estimate of drug-likeness (QED) is 0.821. The van der Waals surface area contributed by atoms with Crippen LogP contribution in [0, 0.1) is 0 Å². The lowest BCUT2D eigenvalue weighted by Crippen LogP contribution is -2.35. The third kappa shape index (κ3) is 3.04. The molecule has 0 saturated carbocycles. The van der Waals surface area contributed by atoms with Gasteiger partial charge in [-0.2, -0.15) is 0 Å². The molecule has 1 fully saturated rings. The average Bonchev–Trinajstić information content (AvgIpc) is 3.09. The minimum Gasteiger partial charge on any atom is -0.486 e. The number of rotatable bonds is 2. The zero-order valence-electron chi connectivity index (χ0n) is 14.8. The molecule has 0 bridgehead atoms. The van der Waals surface area contributed by atoms with E-state index >= 15 is 0 Å². The lowest BCUT2D eigenvalue weighted by atomic mass is 9.96. The highest BCUT2D eigenvalue weighted by Gasteiger charge is 2.33. The van der Waals surface area contributed by atoms with Gasteiger partial charge in [-0.05, 0) is 12.8 Å². The molecule has 0 aliphatic carbocycles. The number of halogens is 1. The Morgan fingerprint density at radius 2 is 2.04 bits per heavy atom. The van der Waals surface area contributed by atoms with Gasteiger partial charge < -0.3 is 15.0 Å². The van der Waals surface area contributed by atoms with Crippen LogP contribution in [-0.4, -0.2) is 51.2 Å². The van der Waals surface area contributed by atoms with Crippen molar-refractivity contribution >= 4 is 33.9 Å². The molecule has 9 heteroatoms. The van der Waals surface area contributed by atoms with E-state index in [-0.39, 0.29) is 0 Å². The van der Waals surface area contributed by atoms with Crippen LogP contribution < -0.4 is 15.0 Å². The van der Waals surface area contributed by atoms with Gasteiger partial charge >= 0.3 is 0 Å². The highest BCUT2D eigenvalue weighted by atomic mass is 35.5. The van der Waals surface area contributed by atoms with Crippen molar-refractivity contribution in [1.82, 2.24) is 15.0 Å². The molecule has 0 spiro atoms. The Bertz CT molecular complexity index is 900. The van der Waals surface area contributed by atoms with E-state index in [1.165, 1.54) is 0 Å². The molecule has 1 atom stereocenters. The Hall–Kier alpha value is -1.93. The van der Waals surface area contributed by atoms with Gasteiger partial charge in [-0.15, -0.1) is 0 Å². The van der Waals surface area contributed by atoms with Crippen LogP contribution in [0.25, 0.3) is 0 Å². The maximum atomic E-state index is 12.4. The second kappa shape index (κ2) is 6.91. The minimum atomic E-state index is -0.984. The number of pyridine rings is 1. The van der Waals surface area contributed by atoms with Crippen LogP contribution >= 0.6 is 11.6 Å². The number of aryl methyl sites for hydroxylation is 1. The fraction of sp³-hybridized carbons (Fsp3) is 0.500. The molecule has 27 heavy (non-hydrogen) atoms. The highest BCUT2D eigenvalue weighted by Crippen LogP contribution is 2.45. The largest absolute Gasteiger partial charge is 0.486 e. The molecule has 3 aliphatic heterocycles. The summed E-state index contributed by atoms with van der Waals surface area (Å²) in [5, 5.41) is 3.96. The first-order valence-corrected chi connectivity index (χ1v) is 10.9. The molecule has 0 radical (unpaired) electrons. The van der Waals surface area contributed by atoms with Crippen molar-refractivity contribution in [3.8, 4) is 5.75 Å². The van der Waals surface area contributed by atoms with Gasteiger partial charge in [-0.1, -0.05) is 11.6 Å². The fourth-order valence-electron chi connectivity index (χ4n) is 4.02. The smallest absolute Gasteiger partial charge is 0.186 e. The summed E-state index contributed by atoms with van der Waals surface area (Å²) in [6.45, 7) is 3.06. The van der Waals surface area contributed by atoms with Gasteiger partial charge in [0.25, 0.3) is 0 Å². The van der Waals surface area contributed by atoms with Crippen molar-refractivity contribution < 1.29 is 8.95 Å². The van der Waals surface area contributed by atoms with Crippen molar-refractivity contribution in [2.75, 3.05) is 42.2 Å². The summed E-state index contributed by atoms with van der Waals surface area (Å²) in [5.74, 6) is 3.48. The number of aromatic nitrogens is 3. The number of nitrogens with zero attached hydrogens (tertiary/aromatic N) is 4. The minimum absolute atomic E-state index is 0.329. The number of fused-ring (bicyclic) bond motifs is 3. The zero-order valence-corrected chi connectivity index (χ0v) is 16.4. The van der Waals surface area contributed by atoms with E-state index in [0.29, 0.717) is 23.3 Å². The van der Waals surface area contributed by atoms with Crippen molar-refractivity contribution in [2.45, 2.75) is 30.1 Å². The predicted molar refractivity (Wildman–Crippen MR) is 104 cm³/mol. The lowest BCUT2D eigenvalue weighted by Gasteiger charge is -2.34. The van der Waals surface area contributed by atoms with Gasteiger partial charge in [-0.3, -0.25) is 4.21 Å². The molecular weight excluding hydrogens is 386 g/mol. The van der Waals surface area contributed by atoms with Crippen LogP contribution in [0.2, 0.25) is 5.02 Å². The first-order chi connectivity index (χ1) is 13.2. The van der Waals surface area contributed by atoms with Crippen LogP contribution in [0.15, 0.2) is 17.3 Å². The molecular formula is C18H20ClN5O2S. The molecule has 0 amide bonds. The summed E-state index contributed by atoms with van der Waals surface area (Å²) in [4.78, 5) is 16.8. The van der Waals surface area contributed by atoms with Crippen LogP contribution in [-0.2, 0) is 17.2 Å². The number of hydrogen-bond acceptors (Lipinski definition) is 7. The summed E-state index contributed by atoms with van der Waals surface area (Å²) in [6, 6.07) is 0. The van der Waals surface area contributed by atoms with Crippen molar-refractivity contribution in [1.29, 1.82) is 0 Å². The van der Waals surface area contributed by atoms with E-state index in [1.807, 2.05) is 0 Å². The first kappa shape index (κ1) is 17.2. The van der Waals surface area contributed by atoms with Crippen molar-refractivity contribution in [3.05, 3.63) is 28.9 Å². The van der Waals surface area contributed by atoms with Crippen LogP contribution in [0.5, 0.6) is 5.75 Å². The highest BCUT2D eigenvalue weighted by molar-refractivity contribution is 7.85. The third-order valence-electron chi connectivity index (χ3n) is 5.36. The molecule has 5 rings (SSSR count). The Morgan fingerprint density at radius 1 is 1.26 bits per heavy atom. The molecule has 1 unspecified atom stereocenters. The van der Waals surface area contributed by atoms with Gasteiger partial charge in [0.2, 0.25) is 0 Å². The average molecular weight is 406 g/mol. The number of hydrogen-bond donors (Lipinski definition) is 1. The Kier molecular flexibility index (Phi) is 4.40. The Morgan fingerprint density at radius 3 is 2.81 bits per heavy atom. The second-order valence-electron chi connectivity index (χ2n) is 7.01. The zero-order chi connectivity index (χ0) is 18.4. The predicted octanol–water partition coefficient (Wildman–Crippen LogP) is 2.38. The molecule has 1 saturated heterocycles. The van der Waals surface area contributed by atoms with E-state index in [2.05, 4.69) is 20.2 Å². The van der Waals surface area contributed by atoms with Gasteiger partial charge in [0.15, 0.2) is 11.6 Å². The summed E-state index contributed by atoms with van der Waals surface area (Å²) >= 11 is 5.89. The van der Waals surface area contributed by atoms with E-state index in [4.69, 9.17) is 21.3 Å². The monoisotopic (exact) mass is 405 g/mol. The van der Waals surface area contributed by atoms with Gasteiger partial charge in [0, 0.05) is 50.1 Å². The molecule has 7 nitrogen and oxygen atoms in total. The summed E-state index contributed by atoms with van der Waals surface area (Å²) in [7, 11) is -0.984. The van der Waals surface area contributed by atoms with Crippen molar-refractivity contribution in [2.24, 2.45) is 0 Å². The molecule has 0 aromatic carbocycles. The topological polar surface area (TPSA) is 80.2 Å². The maximum Gasteiger partial charge on any atom is 0.186 e. The number of nitrogens with one attached hydrogen (secondary N) is 1. The Balaban J connectivity index is 1.41. The van der Waals surface area contributed by atoms with E-state index in [9.17, 15) is 4.21 Å². The molecule has 3 aliphatic rings. The SMILES string of the molecule is O=S1CCc2nc(N3CCC(c4ncc(Cl)cn4)CC3)c3c(c21)NCCO3. The van der Waals surface area contributed by atoms with E-state index in [1.54, 1.807) is 12.4 Å². The standard InChI is InChI=1S/C18H20ClN5O2S/c19-12-9-21-17(22-10-12)11-1-5-24(6-2-11)18-15-14(20-4-7-26-15)16-13(23-18)3-8-27(16)25/h9-11,20H,1-8H2. The number of ether oxygens (including phenoxy) is 1. The number of anilines is 2. The van der Waals surface area contributed by atoms with Crippen LogP contribution in [0.3, 0.4) is 0 Å². The molecule has 142 valence electrons. The summed E-state index contributed by atoms with van der Waals surface area (Å²) < 4.78 is 18.4. The third-order valence-corrected chi connectivity index (χ3v) is 7.03. The van der Waals surface area contributed by atoms with E-state index < -0.39 is 10.8 Å². The summed E-state index contributed by atoms with van der Waals surface area (Å²) in [5.41, 5.74) is 1.84. The number of piperidine rings is 1. The van der Waals surface area contributed by atoms with Crippen LogP contribution in [0.4, 0.5) is 11.5 Å². The van der Waals surface area contributed by atoms with Gasteiger partial charge in [0.1, 0.15) is 12.4 Å². The lowest BCUT2D eigenvalue weighted by molar-refractivity contribution is 0.319. The molecule has 1 N–H and O–H groups in total. The van der Waals surface area contributed by atoms with E-state index in [0.717, 1.165) is 72.6 Å². The first-order valence-electron chi connectivity index (χ1n) is 9.25. The molecule has 2 aromatic heterocycles. The van der Waals surface area contributed by atoms with Gasteiger partial charge in [-0.25, -0.2) is 15.0 Å². The second-order valence-corrected chi connectivity index (χ2v) is 8.96. The molecule has 2 aromatic rings. The Labute approximate surface area is 165 Å². The van der Waals surface area contributed by atoms with Crippen molar-refractivity contribution in [3.63, 3.8) is 0 Å². The maximum absolute atomic E-state index is 12.4. The molecule has 5 heterocycles. The van der Waals surface area contributed by atoms with Crippen LogP contribution in [0.1, 0.15) is 30.3 Å². The summed E-state index contributed by atoms with van der Waals surface area (Å²) in [6.07, 6.45) is 5.99. The normalized spacial score (nSPS) is 22.0.